The van der Waals surface area contributed by atoms with Crippen molar-refractivity contribution < 1.29 is 4.42 Å². The molecule has 0 aromatic carbocycles. The lowest BCUT2D eigenvalue weighted by Crippen LogP contribution is -1.77. The first-order valence-electron chi connectivity index (χ1n) is 4.80. The second kappa shape index (κ2) is 4.33. The lowest BCUT2D eigenvalue weighted by molar-refractivity contribution is 0.560. The number of hydrogen-bond donors (Lipinski definition) is 0. The van der Waals surface area contributed by atoms with E-state index in [2.05, 4.69) is 11.1 Å². The molecule has 4 heteroatoms. The van der Waals surface area contributed by atoms with Gasteiger partial charge < -0.3 is 4.42 Å². The molecule has 0 aliphatic heterocycles. The fourth-order valence-corrected chi connectivity index (χ4v) is 2.27. The van der Waals surface area contributed by atoms with Gasteiger partial charge in [-0.2, -0.15) is 5.26 Å². The molecule has 2 aromatic heterocycles. The van der Waals surface area contributed by atoms with Crippen LogP contribution in [0, 0.1) is 25.2 Å². The predicted molar refractivity (Wildman–Crippen MR) is 64.5 cm³/mol. The third-order valence-electron chi connectivity index (χ3n) is 2.33. The average molecular weight is 230 g/mol. The van der Waals surface area contributed by atoms with Gasteiger partial charge in [0, 0.05) is 4.88 Å². The molecule has 0 spiro atoms. The minimum atomic E-state index is 0.658. The molecule has 3 nitrogen and oxygen atoms in total. The SMILES string of the molecule is Cc1sc(N=Cc2ccco2)c(C#N)c1C. The van der Waals surface area contributed by atoms with E-state index in [0.717, 1.165) is 15.4 Å². The maximum Gasteiger partial charge on any atom is 0.144 e. The van der Waals surface area contributed by atoms with Crippen molar-refractivity contribution in [2.75, 3.05) is 0 Å². The minimum Gasteiger partial charge on any atom is -0.463 e. The normalized spacial score (nSPS) is 10.8. The van der Waals surface area contributed by atoms with Crippen LogP contribution in [-0.2, 0) is 0 Å². The first-order chi connectivity index (χ1) is 7.72. The van der Waals surface area contributed by atoms with Crippen LogP contribution in [0.2, 0.25) is 0 Å². The summed E-state index contributed by atoms with van der Waals surface area (Å²) in [5.41, 5.74) is 1.67. The third-order valence-corrected chi connectivity index (χ3v) is 3.45. The molecule has 0 saturated carbocycles. The van der Waals surface area contributed by atoms with Gasteiger partial charge in [0.15, 0.2) is 0 Å². The summed E-state index contributed by atoms with van der Waals surface area (Å²) < 4.78 is 5.14. The summed E-state index contributed by atoms with van der Waals surface area (Å²) in [4.78, 5) is 5.41. The molecule has 0 amide bonds. The van der Waals surface area contributed by atoms with Crippen molar-refractivity contribution in [2.45, 2.75) is 13.8 Å². The topological polar surface area (TPSA) is 49.3 Å². The number of nitriles is 1. The van der Waals surface area contributed by atoms with Gasteiger partial charge in [-0.1, -0.05) is 0 Å². The highest BCUT2D eigenvalue weighted by Crippen LogP contribution is 2.33. The van der Waals surface area contributed by atoms with E-state index < -0.39 is 0 Å². The Morgan fingerprint density at radius 3 is 2.94 bits per heavy atom. The first kappa shape index (κ1) is 10.7. The van der Waals surface area contributed by atoms with Gasteiger partial charge in [0.1, 0.15) is 16.8 Å². The fourth-order valence-electron chi connectivity index (χ4n) is 1.32. The van der Waals surface area contributed by atoms with Crippen molar-refractivity contribution in [2.24, 2.45) is 4.99 Å². The van der Waals surface area contributed by atoms with E-state index in [1.807, 2.05) is 19.9 Å². The van der Waals surface area contributed by atoms with Gasteiger partial charge >= 0.3 is 0 Å². The van der Waals surface area contributed by atoms with Gasteiger partial charge in [-0.05, 0) is 31.5 Å². The van der Waals surface area contributed by atoms with Gasteiger partial charge in [0.25, 0.3) is 0 Å². The monoisotopic (exact) mass is 230 g/mol. The number of aliphatic imine (C=N–C) groups is 1. The number of nitrogens with zero attached hydrogens (tertiary/aromatic N) is 2. The Balaban J connectivity index is 2.36. The van der Waals surface area contributed by atoms with Crippen molar-refractivity contribution in [3.05, 3.63) is 40.2 Å². The van der Waals surface area contributed by atoms with Crippen LogP contribution in [0.25, 0.3) is 0 Å². The highest BCUT2D eigenvalue weighted by atomic mass is 32.1. The second-order valence-corrected chi connectivity index (χ2v) is 4.55. The molecule has 2 aromatic rings. The van der Waals surface area contributed by atoms with E-state index in [1.54, 1.807) is 18.5 Å². The highest BCUT2D eigenvalue weighted by molar-refractivity contribution is 7.16. The molecule has 0 aliphatic carbocycles. The van der Waals surface area contributed by atoms with Crippen LogP contribution < -0.4 is 0 Å². The molecule has 0 aliphatic rings. The number of hydrogen-bond acceptors (Lipinski definition) is 4. The second-order valence-electron chi connectivity index (χ2n) is 3.35. The van der Waals surface area contributed by atoms with Crippen LogP contribution in [0.3, 0.4) is 0 Å². The summed E-state index contributed by atoms with van der Waals surface area (Å²) in [5.74, 6) is 0.688. The smallest absolute Gasteiger partial charge is 0.144 e. The predicted octanol–water partition coefficient (Wildman–Crippen LogP) is 3.58. The number of furan rings is 1. The van der Waals surface area contributed by atoms with Crippen molar-refractivity contribution in [3.63, 3.8) is 0 Å². The summed E-state index contributed by atoms with van der Waals surface area (Å²) in [6.45, 7) is 3.93. The van der Waals surface area contributed by atoms with E-state index in [1.165, 1.54) is 11.3 Å². The Kier molecular flexibility index (Phi) is 2.88. The summed E-state index contributed by atoms with van der Waals surface area (Å²) in [7, 11) is 0. The Hall–Kier alpha value is -1.86. The first-order valence-corrected chi connectivity index (χ1v) is 5.61. The van der Waals surface area contributed by atoms with Crippen LogP contribution in [0.5, 0.6) is 0 Å². The van der Waals surface area contributed by atoms with Crippen molar-refractivity contribution >= 4 is 22.6 Å². The van der Waals surface area contributed by atoms with E-state index in [0.29, 0.717) is 11.3 Å². The molecule has 80 valence electrons. The molecule has 0 atom stereocenters. The summed E-state index contributed by atoms with van der Waals surface area (Å²) in [6, 6.07) is 5.81. The average Bonchev–Trinajstić information content (AvgIpc) is 2.86. The zero-order chi connectivity index (χ0) is 11.5. The summed E-state index contributed by atoms with van der Waals surface area (Å²) >= 11 is 1.53. The number of thiophene rings is 1. The molecule has 0 radical (unpaired) electrons. The molecule has 16 heavy (non-hydrogen) atoms. The third kappa shape index (κ3) is 1.90. The maximum absolute atomic E-state index is 9.03. The number of rotatable bonds is 2. The lowest BCUT2D eigenvalue weighted by atomic mass is 10.2. The quantitative estimate of drug-likeness (QED) is 0.740. The Labute approximate surface area is 97.7 Å². The summed E-state index contributed by atoms with van der Waals surface area (Å²) in [5, 5.41) is 9.77. The molecule has 2 rings (SSSR count). The number of aryl methyl sites for hydroxylation is 1. The Morgan fingerprint density at radius 2 is 2.31 bits per heavy atom. The van der Waals surface area contributed by atoms with Crippen LogP contribution in [0.4, 0.5) is 5.00 Å². The Morgan fingerprint density at radius 1 is 1.50 bits per heavy atom. The maximum atomic E-state index is 9.03. The van der Waals surface area contributed by atoms with Crippen LogP contribution in [0.15, 0.2) is 27.8 Å². The van der Waals surface area contributed by atoms with Crippen molar-refractivity contribution in [1.82, 2.24) is 0 Å². The zero-order valence-corrected chi connectivity index (χ0v) is 9.84. The van der Waals surface area contributed by atoms with Gasteiger partial charge in [0.2, 0.25) is 0 Å². The highest BCUT2D eigenvalue weighted by Gasteiger charge is 2.10. The molecule has 2 heterocycles. The minimum absolute atomic E-state index is 0.658. The molecule has 0 unspecified atom stereocenters. The molecule has 0 fully saturated rings. The van der Waals surface area contributed by atoms with E-state index in [4.69, 9.17) is 9.68 Å². The molecular formula is C12H10N2OS. The zero-order valence-electron chi connectivity index (χ0n) is 9.02. The van der Waals surface area contributed by atoms with E-state index >= 15 is 0 Å². The lowest BCUT2D eigenvalue weighted by Gasteiger charge is -1.88. The van der Waals surface area contributed by atoms with E-state index in [9.17, 15) is 0 Å². The van der Waals surface area contributed by atoms with Crippen molar-refractivity contribution in [1.29, 1.82) is 5.26 Å². The van der Waals surface area contributed by atoms with Crippen LogP contribution in [0.1, 0.15) is 21.8 Å². The van der Waals surface area contributed by atoms with Gasteiger partial charge in [-0.3, -0.25) is 0 Å². The van der Waals surface area contributed by atoms with Gasteiger partial charge in [0.05, 0.1) is 18.0 Å². The van der Waals surface area contributed by atoms with Crippen LogP contribution >= 0.6 is 11.3 Å². The summed E-state index contributed by atoms with van der Waals surface area (Å²) in [6.07, 6.45) is 3.23. The largest absolute Gasteiger partial charge is 0.463 e. The van der Waals surface area contributed by atoms with Crippen LogP contribution in [-0.4, -0.2) is 6.21 Å². The molecular weight excluding hydrogens is 220 g/mol. The molecule has 0 bridgehead atoms. The van der Waals surface area contributed by atoms with Crippen molar-refractivity contribution in [3.8, 4) is 6.07 Å². The molecule has 0 saturated heterocycles. The van der Waals surface area contributed by atoms with Gasteiger partial charge in [-0.25, -0.2) is 4.99 Å². The molecule has 0 N–H and O–H groups in total. The van der Waals surface area contributed by atoms with E-state index in [-0.39, 0.29) is 0 Å². The standard InChI is InChI=1S/C12H10N2OS/c1-8-9(2)16-12(11(8)6-13)14-7-10-4-3-5-15-10/h3-5,7H,1-2H3. The fraction of sp³-hybridized carbons (Fsp3) is 0.167. The van der Waals surface area contributed by atoms with Gasteiger partial charge in [-0.15, -0.1) is 11.3 Å². The Bertz CT molecular complexity index is 559.